The number of hydrogen-bond donors (Lipinski definition) is 2. The predicted molar refractivity (Wildman–Crippen MR) is 65.0 cm³/mol. The molecule has 0 spiro atoms. The van der Waals surface area contributed by atoms with Crippen molar-refractivity contribution in [3.63, 3.8) is 0 Å². The van der Waals surface area contributed by atoms with Crippen molar-refractivity contribution in [2.75, 3.05) is 13.1 Å². The third-order valence-electron chi connectivity index (χ3n) is 3.13. The minimum Gasteiger partial charge on any atom is -0.384 e. The molecule has 1 aliphatic carbocycles. The van der Waals surface area contributed by atoms with E-state index in [1.807, 2.05) is 6.92 Å². The van der Waals surface area contributed by atoms with Crippen LogP contribution < -0.4 is 5.32 Å². The summed E-state index contributed by atoms with van der Waals surface area (Å²) < 4.78 is 0. The van der Waals surface area contributed by atoms with Crippen molar-refractivity contribution in [3.8, 4) is 0 Å². The number of nitrogens with one attached hydrogen (secondary N) is 1. The normalized spacial score (nSPS) is 21.7. The summed E-state index contributed by atoms with van der Waals surface area (Å²) in [5.74, 6) is 0. The monoisotopic (exact) mass is 211 g/mol. The maximum atomic E-state index is 10.4. The second-order valence-electron chi connectivity index (χ2n) is 4.78. The van der Waals surface area contributed by atoms with Gasteiger partial charge in [-0.15, -0.1) is 0 Å². The lowest BCUT2D eigenvalue weighted by molar-refractivity contribution is 0.0937. The summed E-state index contributed by atoms with van der Waals surface area (Å²) in [5.41, 5.74) is 0.600. The summed E-state index contributed by atoms with van der Waals surface area (Å²) in [7, 11) is 0. The van der Waals surface area contributed by atoms with Crippen molar-refractivity contribution in [3.05, 3.63) is 11.6 Å². The van der Waals surface area contributed by atoms with Gasteiger partial charge in [-0.25, -0.2) is 0 Å². The molecule has 0 bridgehead atoms. The van der Waals surface area contributed by atoms with Crippen LogP contribution in [0.15, 0.2) is 11.6 Å². The Balaban J connectivity index is 2.46. The Bertz CT molecular complexity index is 209. The lowest BCUT2D eigenvalue weighted by Crippen LogP contribution is -2.39. The molecule has 1 aliphatic rings. The first-order valence-electron chi connectivity index (χ1n) is 6.29. The minimum atomic E-state index is -0.639. The zero-order valence-corrected chi connectivity index (χ0v) is 10.2. The van der Waals surface area contributed by atoms with E-state index in [9.17, 15) is 5.11 Å². The highest BCUT2D eigenvalue weighted by Crippen LogP contribution is 2.26. The van der Waals surface area contributed by atoms with E-state index in [1.165, 1.54) is 24.8 Å². The van der Waals surface area contributed by atoms with Gasteiger partial charge in [0.25, 0.3) is 0 Å². The Morgan fingerprint density at radius 2 is 2.20 bits per heavy atom. The van der Waals surface area contributed by atoms with Gasteiger partial charge in [-0.05, 0) is 51.1 Å². The van der Waals surface area contributed by atoms with Crippen molar-refractivity contribution >= 4 is 0 Å². The van der Waals surface area contributed by atoms with Crippen LogP contribution in [0.3, 0.4) is 0 Å². The molecule has 0 aromatic carbocycles. The average molecular weight is 211 g/mol. The highest BCUT2D eigenvalue weighted by Gasteiger charge is 2.25. The van der Waals surface area contributed by atoms with E-state index in [-0.39, 0.29) is 0 Å². The molecular weight excluding hydrogens is 186 g/mol. The molecule has 0 heterocycles. The zero-order chi connectivity index (χ0) is 11.1. The Hall–Kier alpha value is -0.340. The molecule has 0 saturated carbocycles. The zero-order valence-electron chi connectivity index (χ0n) is 10.2. The van der Waals surface area contributed by atoms with E-state index >= 15 is 0 Å². The maximum Gasteiger partial charge on any atom is 0.0952 e. The molecule has 1 atom stereocenters. The van der Waals surface area contributed by atoms with Crippen molar-refractivity contribution in [2.24, 2.45) is 0 Å². The van der Waals surface area contributed by atoms with Crippen LogP contribution in [0.2, 0.25) is 0 Å². The molecular formula is C13H25NO. The third kappa shape index (κ3) is 4.35. The van der Waals surface area contributed by atoms with E-state index in [4.69, 9.17) is 0 Å². The van der Waals surface area contributed by atoms with Crippen LogP contribution in [-0.4, -0.2) is 23.8 Å². The first kappa shape index (κ1) is 12.7. The number of rotatable bonds is 5. The van der Waals surface area contributed by atoms with Gasteiger partial charge in [0.2, 0.25) is 0 Å². The summed E-state index contributed by atoms with van der Waals surface area (Å²) >= 11 is 0. The summed E-state index contributed by atoms with van der Waals surface area (Å²) in [6, 6.07) is 0. The quantitative estimate of drug-likeness (QED) is 0.541. The average Bonchev–Trinajstić information content (AvgIpc) is 2.46. The molecule has 0 aromatic rings. The summed E-state index contributed by atoms with van der Waals surface area (Å²) in [6.07, 6.45) is 9.39. The van der Waals surface area contributed by atoms with Gasteiger partial charge in [-0.1, -0.05) is 19.4 Å². The largest absolute Gasteiger partial charge is 0.384 e. The van der Waals surface area contributed by atoms with Crippen molar-refractivity contribution in [1.29, 1.82) is 0 Å². The minimum absolute atomic E-state index is 0.639. The van der Waals surface area contributed by atoms with Crippen molar-refractivity contribution in [2.45, 2.75) is 58.0 Å². The molecule has 15 heavy (non-hydrogen) atoms. The molecule has 0 fully saturated rings. The molecule has 0 aliphatic heterocycles. The standard InChI is InChI=1S/C13H25NO/c1-3-10-14-11-13(2,15)12-8-6-4-5-7-9-12/h8,14-15H,3-7,9-11H2,1-2H3. The molecule has 1 rings (SSSR count). The van der Waals surface area contributed by atoms with Gasteiger partial charge >= 0.3 is 0 Å². The lowest BCUT2D eigenvalue weighted by atomic mass is 9.92. The van der Waals surface area contributed by atoms with Crippen LogP contribution in [0.1, 0.15) is 52.4 Å². The SMILES string of the molecule is CCCNCC(C)(O)C1=CCCCCC1. The van der Waals surface area contributed by atoms with Gasteiger partial charge in [0.05, 0.1) is 5.60 Å². The van der Waals surface area contributed by atoms with Gasteiger partial charge < -0.3 is 10.4 Å². The molecule has 2 N–H and O–H groups in total. The van der Waals surface area contributed by atoms with Crippen molar-refractivity contribution in [1.82, 2.24) is 5.32 Å². The van der Waals surface area contributed by atoms with Gasteiger partial charge in [0.1, 0.15) is 0 Å². The molecule has 0 aromatic heterocycles. The first-order valence-corrected chi connectivity index (χ1v) is 6.29. The highest BCUT2D eigenvalue weighted by atomic mass is 16.3. The predicted octanol–water partition coefficient (Wildman–Crippen LogP) is 2.63. The maximum absolute atomic E-state index is 10.4. The Morgan fingerprint density at radius 1 is 1.40 bits per heavy atom. The second-order valence-corrected chi connectivity index (χ2v) is 4.78. The van der Waals surface area contributed by atoms with Gasteiger partial charge in [0.15, 0.2) is 0 Å². The Labute approximate surface area is 93.8 Å². The topological polar surface area (TPSA) is 32.3 Å². The van der Waals surface area contributed by atoms with Crippen LogP contribution in [-0.2, 0) is 0 Å². The second kappa shape index (κ2) is 6.29. The fourth-order valence-electron chi connectivity index (χ4n) is 2.13. The summed E-state index contributed by atoms with van der Waals surface area (Å²) in [6.45, 7) is 5.76. The Morgan fingerprint density at radius 3 is 2.93 bits per heavy atom. The summed E-state index contributed by atoms with van der Waals surface area (Å²) in [5, 5.41) is 13.7. The van der Waals surface area contributed by atoms with E-state index < -0.39 is 5.60 Å². The number of hydrogen-bond acceptors (Lipinski definition) is 2. The molecule has 0 saturated heterocycles. The highest BCUT2D eigenvalue weighted by molar-refractivity contribution is 5.17. The van der Waals surface area contributed by atoms with Crippen LogP contribution in [0.25, 0.3) is 0 Å². The van der Waals surface area contributed by atoms with Crippen LogP contribution in [0, 0.1) is 0 Å². The molecule has 0 radical (unpaired) electrons. The van der Waals surface area contributed by atoms with E-state index in [2.05, 4.69) is 18.3 Å². The Kier molecular flexibility index (Phi) is 5.34. The van der Waals surface area contributed by atoms with Crippen LogP contribution in [0.4, 0.5) is 0 Å². The molecule has 1 unspecified atom stereocenters. The van der Waals surface area contributed by atoms with Crippen LogP contribution in [0.5, 0.6) is 0 Å². The van der Waals surface area contributed by atoms with Gasteiger partial charge in [0, 0.05) is 6.54 Å². The van der Waals surface area contributed by atoms with Crippen molar-refractivity contribution < 1.29 is 5.11 Å². The van der Waals surface area contributed by atoms with Crippen LogP contribution >= 0.6 is 0 Å². The van der Waals surface area contributed by atoms with E-state index in [0.29, 0.717) is 6.54 Å². The number of allylic oxidation sites excluding steroid dienone is 1. The fourth-order valence-corrected chi connectivity index (χ4v) is 2.13. The molecule has 0 amide bonds. The summed E-state index contributed by atoms with van der Waals surface area (Å²) in [4.78, 5) is 0. The molecule has 2 heteroatoms. The lowest BCUT2D eigenvalue weighted by Gasteiger charge is -2.27. The van der Waals surface area contributed by atoms with Gasteiger partial charge in [-0.2, -0.15) is 0 Å². The first-order chi connectivity index (χ1) is 7.17. The number of aliphatic hydroxyl groups is 1. The smallest absolute Gasteiger partial charge is 0.0952 e. The molecule has 2 nitrogen and oxygen atoms in total. The fraction of sp³-hybridized carbons (Fsp3) is 0.846. The molecule has 88 valence electrons. The van der Waals surface area contributed by atoms with E-state index in [0.717, 1.165) is 25.8 Å². The third-order valence-corrected chi connectivity index (χ3v) is 3.13. The van der Waals surface area contributed by atoms with E-state index in [1.54, 1.807) is 0 Å². The van der Waals surface area contributed by atoms with Gasteiger partial charge in [-0.3, -0.25) is 0 Å².